The van der Waals surface area contributed by atoms with Gasteiger partial charge in [-0.2, -0.15) is 0 Å². The summed E-state index contributed by atoms with van der Waals surface area (Å²) in [5.74, 6) is 0.301. The lowest BCUT2D eigenvalue weighted by atomic mass is 10.2. The maximum atomic E-state index is 11.8. The highest BCUT2D eigenvalue weighted by molar-refractivity contribution is 9.10. The van der Waals surface area contributed by atoms with Crippen molar-refractivity contribution in [2.45, 2.75) is 0 Å². The summed E-state index contributed by atoms with van der Waals surface area (Å²) in [7, 11) is 0. The number of nitrogens with zero attached hydrogens (tertiary/aromatic N) is 1. The standard InChI is InChI=1S/C12H10BrN3O/c13-9-3-6-11(15-7-9)16-12(17)8-1-4-10(14)5-2-8/h1-7H,14H2,(H,15,16,17). The molecule has 0 saturated carbocycles. The van der Waals surface area contributed by atoms with Crippen molar-refractivity contribution in [1.82, 2.24) is 4.98 Å². The first-order chi connectivity index (χ1) is 8.15. The molecule has 0 atom stereocenters. The van der Waals surface area contributed by atoms with Crippen LogP contribution in [0.1, 0.15) is 10.4 Å². The quantitative estimate of drug-likeness (QED) is 0.836. The number of carbonyl (C=O) groups is 1. The van der Waals surface area contributed by atoms with Gasteiger partial charge in [-0.25, -0.2) is 4.98 Å². The molecule has 0 aliphatic heterocycles. The van der Waals surface area contributed by atoms with Crippen molar-refractivity contribution in [3.63, 3.8) is 0 Å². The molecule has 0 unspecified atom stereocenters. The highest BCUT2D eigenvalue weighted by Gasteiger charge is 2.05. The van der Waals surface area contributed by atoms with E-state index >= 15 is 0 Å². The molecule has 0 aliphatic carbocycles. The lowest BCUT2D eigenvalue weighted by molar-refractivity contribution is 0.102. The predicted molar refractivity (Wildman–Crippen MR) is 70.7 cm³/mol. The Hall–Kier alpha value is -1.88. The Bertz CT molecular complexity index is 522. The zero-order valence-electron chi connectivity index (χ0n) is 8.85. The summed E-state index contributed by atoms with van der Waals surface area (Å²) in [5.41, 5.74) is 6.72. The number of pyridine rings is 1. The maximum absolute atomic E-state index is 11.8. The molecule has 1 heterocycles. The molecule has 0 saturated heterocycles. The monoisotopic (exact) mass is 291 g/mol. The third-order valence-electron chi connectivity index (χ3n) is 2.14. The molecular weight excluding hydrogens is 282 g/mol. The third-order valence-corrected chi connectivity index (χ3v) is 2.61. The van der Waals surface area contributed by atoms with Crippen molar-refractivity contribution in [2.75, 3.05) is 11.1 Å². The van der Waals surface area contributed by atoms with Crippen LogP contribution in [0.5, 0.6) is 0 Å². The van der Waals surface area contributed by atoms with E-state index in [1.54, 1.807) is 36.5 Å². The van der Waals surface area contributed by atoms with Crippen molar-refractivity contribution < 1.29 is 4.79 Å². The number of anilines is 2. The van der Waals surface area contributed by atoms with Gasteiger partial charge in [-0.05, 0) is 52.3 Å². The lowest BCUT2D eigenvalue weighted by Gasteiger charge is -2.04. The summed E-state index contributed by atoms with van der Waals surface area (Å²) in [5, 5.41) is 2.69. The van der Waals surface area contributed by atoms with Crippen LogP contribution in [0.2, 0.25) is 0 Å². The summed E-state index contributed by atoms with van der Waals surface area (Å²) in [6, 6.07) is 10.2. The average molecular weight is 292 g/mol. The van der Waals surface area contributed by atoms with E-state index in [-0.39, 0.29) is 5.91 Å². The molecule has 0 bridgehead atoms. The molecule has 0 spiro atoms. The van der Waals surface area contributed by atoms with Gasteiger partial charge in [0, 0.05) is 21.9 Å². The third kappa shape index (κ3) is 3.04. The maximum Gasteiger partial charge on any atom is 0.256 e. The molecule has 2 rings (SSSR count). The van der Waals surface area contributed by atoms with E-state index in [0.29, 0.717) is 17.1 Å². The fourth-order valence-electron chi connectivity index (χ4n) is 1.27. The molecule has 0 aliphatic rings. The lowest BCUT2D eigenvalue weighted by Crippen LogP contribution is -2.12. The Labute approximate surface area is 107 Å². The molecule has 0 radical (unpaired) electrons. The second kappa shape index (κ2) is 4.97. The molecule has 1 aromatic carbocycles. The van der Waals surface area contributed by atoms with Gasteiger partial charge in [-0.1, -0.05) is 0 Å². The summed E-state index contributed by atoms with van der Waals surface area (Å²) in [6.07, 6.45) is 1.62. The van der Waals surface area contributed by atoms with Crippen LogP contribution >= 0.6 is 15.9 Å². The van der Waals surface area contributed by atoms with Crippen LogP contribution in [0.3, 0.4) is 0 Å². The number of nitrogens with two attached hydrogens (primary N) is 1. The largest absolute Gasteiger partial charge is 0.399 e. The van der Waals surface area contributed by atoms with Crippen molar-refractivity contribution >= 4 is 33.3 Å². The summed E-state index contributed by atoms with van der Waals surface area (Å²) < 4.78 is 0.864. The molecule has 4 nitrogen and oxygen atoms in total. The highest BCUT2D eigenvalue weighted by atomic mass is 79.9. The number of nitrogens with one attached hydrogen (secondary N) is 1. The smallest absolute Gasteiger partial charge is 0.256 e. The molecule has 17 heavy (non-hydrogen) atoms. The minimum Gasteiger partial charge on any atom is -0.399 e. The molecule has 3 N–H and O–H groups in total. The van der Waals surface area contributed by atoms with E-state index < -0.39 is 0 Å². The van der Waals surface area contributed by atoms with E-state index in [0.717, 1.165) is 4.47 Å². The molecule has 0 fully saturated rings. The van der Waals surface area contributed by atoms with Gasteiger partial charge in [-0.15, -0.1) is 0 Å². The van der Waals surface area contributed by atoms with E-state index in [9.17, 15) is 4.79 Å². The van der Waals surface area contributed by atoms with Crippen molar-refractivity contribution in [1.29, 1.82) is 0 Å². The van der Waals surface area contributed by atoms with Gasteiger partial charge in [0.15, 0.2) is 0 Å². The number of aromatic nitrogens is 1. The van der Waals surface area contributed by atoms with E-state index in [1.165, 1.54) is 0 Å². The first-order valence-electron chi connectivity index (χ1n) is 4.93. The Kier molecular flexibility index (Phi) is 3.39. The first-order valence-corrected chi connectivity index (χ1v) is 5.73. The van der Waals surface area contributed by atoms with E-state index in [4.69, 9.17) is 5.73 Å². The Morgan fingerprint density at radius 3 is 2.47 bits per heavy atom. The number of hydrogen-bond acceptors (Lipinski definition) is 3. The summed E-state index contributed by atoms with van der Waals surface area (Å²) in [6.45, 7) is 0. The van der Waals surface area contributed by atoms with Crippen LogP contribution in [0.15, 0.2) is 47.1 Å². The number of nitrogen functional groups attached to an aromatic ring is 1. The van der Waals surface area contributed by atoms with Crippen molar-refractivity contribution in [3.8, 4) is 0 Å². The zero-order valence-corrected chi connectivity index (χ0v) is 10.4. The second-order valence-corrected chi connectivity index (χ2v) is 4.35. The van der Waals surface area contributed by atoms with E-state index in [2.05, 4.69) is 26.2 Å². The SMILES string of the molecule is Nc1ccc(C(=O)Nc2ccc(Br)cn2)cc1. The first kappa shape index (κ1) is 11.6. The molecule has 1 amide bonds. The summed E-state index contributed by atoms with van der Waals surface area (Å²) >= 11 is 3.28. The number of halogens is 1. The fraction of sp³-hybridized carbons (Fsp3) is 0. The van der Waals surface area contributed by atoms with Crippen molar-refractivity contribution in [3.05, 3.63) is 52.6 Å². The number of hydrogen-bond donors (Lipinski definition) is 2. The topological polar surface area (TPSA) is 68.0 Å². The van der Waals surface area contributed by atoms with Gasteiger partial charge in [0.1, 0.15) is 5.82 Å². The minimum atomic E-state index is -0.208. The number of rotatable bonds is 2. The van der Waals surface area contributed by atoms with Crippen LogP contribution < -0.4 is 11.1 Å². The second-order valence-electron chi connectivity index (χ2n) is 3.44. The van der Waals surface area contributed by atoms with Gasteiger partial charge in [-0.3, -0.25) is 4.79 Å². The molecular formula is C12H10BrN3O. The predicted octanol–water partition coefficient (Wildman–Crippen LogP) is 2.68. The van der Waals surface area contributed by atoms with Crippen LogP contribution in [0, 0.1) is 0 Å². The average Bonchev–Trinajstić information content (AvgIpc) is 2.33. The van der Waals surface area contributed by atoms with Crippen LogP contribution in [0.4, 0.5) is 11.5 Å². The van der Waals surface area contributed by atoms with Crippen LogP contribution in [0.25, 0.3) is 0 Å². The van der Waals surface area contributed by atoms with Crippen LogP contribution in [-0.4, -0.2) is 10.9 Å². The van der Waals surface area contributed by atoms with Gasteiger partial charge >= 0.3 is 0 Å². The van der Waals surface area contributed by atoms with Gasteiger partial charge in [0.25, 0.3) is 5.91 Å². The van der Waals surface area contributed by atoms with Gasteiger partial charge in [0.2, 0.25) is 0 Å². The zero-order chi connectivity index (χ0) is 12.3. The fourth-order valence-corrected chi connectivity index (χ4v) is 1.51. The van der Waals surface area contributed by atoms with Gasteiger partial charge in [0.05, 0.1) is 0 Å². The van der Waals surface area contributed by atoms with Crippen molar-refractivity contribution in [2.24, 2.45) is 0 Å². The molecule has 1 aromatic heterocycles. The van der Waals surface area contributed by atoms with Crippen LogP contribution in [-0.2, 0) is 0 Å². The Balaban J connectivity index is 2.11. The molecule has 86 valence electrons. The molecule has 5 heteroatoms. The Morgan fingerprint density at radius 2 is 1.88 bits per heavy atom. The molecule has 2 aromatic rings. The number of carbonyl (C=O) groups excluding carboxylic acids is 1. The number of benzene rings is 1. The van der Waals surface area contributed by atoms with Gasteiger partial charge < -0.3 is 11.1 Å². The van der Waals surface area contributed by atoms with E-state index in [1.807, 2.05) is 6.07 Å². The normalized spacial score (nSPS) is 9.94. The summed E-state index contributed by atoms with van der Waals surface area (Å²) in [4.78, 5) is 15.9. The highest BCUT2D eigenvalue weighted by Crippen LogP contribution is 2.12. The minimum absolute atomic E-state index is 0.208. The Morgan fingerprint density at radius 1 is 1.18 bits per heavy atom. The number of amides is 1.